The number of aromatic amines is 1. The van der Waals surface area contributed by atoms with Crippen LogP contribution in [-0.2, 0) is 9.30 Å². The van der Waals surface area contributed by atoms with Crippen LogP contribution in [0.25, 0.3) is 0 Å². The number of aliphatic hydroxyl groups is 1. The lowest BCUT2D eigenvalue weighted by Gasteiger charge is -2.24. The molecular formula is C14H23N2O5P. The Hall–Kier alpha value is -1.17. The molecule has 2 rings (SSSR count). The second-order valence-electron chi connectivity index (χ2n) is 6.57. The molecule has 0 aromatic carbocycles. The zero-order valence-corrected chi connectivity index (χ0v) is 14.2. The highest BCUT2D eigenvalue weighted by molar-refractivity contribution is 7.62. The van der Waals surface area contributed by atoms with Crippen molar-refractivity contribution in [1.29, 1.82) is 0 Å². The smallest absolute Gasteiger partial charge is 0.330 e. The van der Waals surface area contributed by atoms with Gasteiger partial charge in [-0.05, 0) is 26.2 Å². The highest BCUT2D eigenvalue weighted by atomic mass is 31.2. The maximum Gasteiger partial charge on any atom is 0.330 e. The van der Waals surface area contributed by atoms with Crippen molar-refractivity contribution < 1.29 is 14.4 Å². The molecular weight excluding hydrogens is 307 g/mol. The minimum Gasteiger partial charge on any atom is -0.390 e. The molecule has 2 N–H and O–H groups in total. The van der Waals surface area contributed by atoms with E-state index >= 15 is 0 Å². The molecule has 0 aliphatic carbocycles. The Kier molecular flexibility index (Phi) is 4.80. The van der Waals surface area contributed by atoms with Crippen LogP contribution >= 0.6 is 7.14 Å². The number of aromatic nitrogens is 2. The largest absolute Gasteiger partial charge is 0.390 e. The van der Waals surface area contributed by atoms with Crippen LogP contribution < -0.4 is 11.2 Å². The van der Waals surface area contributed by atoms with Gasteiger partial charge in [0, 0.05) is 24.3 Å². The van der Waals surface area contributed by atoms with Gasteiger partial charge in [0.2, 0.25) is 0 Å². The number of nitrogens with zero attached hydrogens (tertiary/aromatic N) is 1. The fraction of sp³-hybridized carbons (Fsp3) is 0.714. The van der Waals surface area contributed by atoms with Crippen molar-refractivity contribution in [2.45, 2.75) is 38.7 Å². The first kappa shape index (κ1) is 17.2. The van der Waals surface area contributed by atoms with Crippen LogP contribution in [0.1, 0.15) is 25.1 Å². The van der Waals surface area contributed by atoms with Gasteiger partial charge in [0.1, 0.15) is 6.23 Å². The number of ether oxygens (including phenoxy) is 1. The van der Waals surface area contributed by atoms with Gasteiger partial charge in [-0.2, -0.15) is 0 Å². The SMILES string of the molecule is Cc1cn([C@H]2CC(O)[C@@H]([C@H](C)CP(C)(C)=O)O2)c(=O)[nH]c1=O. The third-order valence-electron chi connectivity index (χ3n) is 3.88. The minimum absolute atomic E-state index is 0.0830. The summed E-state index contributed by atoms with van der Waals surface area (Å²) in [7, 11) is -2.22. The molecule has 7 nitrogen and oxygen atoms in total. The van der Waals surface area contributed by atoms with Gasteiger partial charge in [-0.25, -0.2) is 4.79 Å². The molecule has 22 heavy (non-hydrogen) atoms. The Balaban J connectivity index is 2.21. The van der Waals surface area contributed by atoms with E-state index in [1.165, 1.54) is 10.8 Å². The molecule has 1 fully saturated rings. The lowest BCUT2D eigenvalue weighted by molar-refractivity contribution is -0.0425. The van der Waals surface area contributed by atoms with Gasteiger partial charge in [0.05, 0.1) is 19.3 Å². The first-order valence-electron chi connectivity index (χ1n) is 7.28. The van der Waals surface area contributed by atoms with Crippen molar-refractivity contribution in [3.8, 4) is 0 Å². The Morgan fingerprint density at radius 3 is 2.73 bits per heavy atom. The zero-order chi connectivity index (χ0) is 16.7. The molecule has 1 aliphatic rings. The van der Waals surface area contributed by atoms with Gasteiger partial charge in [-0.3, -0.25) is 14.3 Å². The number of H-pyrrole nitrogens is 1. The fourth-order valence-corrected chi connectivity index (χ4v) is 4.55. The number of rotatable bonds is 4. The summed E-state index contributed by atoms with van der Waals surface area (Å²) in [5.41, 5.74) is -0.582. The second kappa shape index (κ2) is 6.14. The van der Waals surface area contributed by atoms with Crippen LogP contribution in [-0.4, -0.2) is 46.4 Å². The maximum absolute atomic E-state index is 11.9. The summed E-state index contributed by atoms with van der Waals surface area (Å²) in [4.78, 5) is 25.5. The molecule has 1 aromatic heterocycles. The van der Waals surface area contributed by atoms with E-state index < -0.39 is 36.8 Å². The number of aliphatic hydroxyl groups excluding tert-OH is 1. The molecule has 1 aliphatic heterocycles. The molecule has 0 spiro atoms. The van der Waals surface area contributed by atoms with Gasteiger partial charge >= 0.3 is 5.69 Å². The fourth-order valence-electron chi connectivity index (χ4n) is 2.96. The summed E-state index contributed by atoms with van der Waals surface area (Å²) < 4.78 is 19.1. The molecule has 1 saturated heterocycles. The standard InChI is InChI=1S/C14H23N2O5P/c1-8-6-16(14(19)15-13(8)18)11-5-10(17)12(21-11)9(2)7-22(3,4)20/h6,9-12,17H,5,7H2,1-4H3,(H,15,18,19)/t9-,10?,11-,12-/m1/s1. The predicted molar refractivity (Wildman–Crippen MR) is 84.1 cm³/mol. The molecule has 0 amide bonds. The molecule has 1 aromatic rings. The van der Waals surface area contributed by atoms with Crippen LogP contribution in [0.15, 0.2) is 15.8 Å². The summed E-state index contributed by atoms with van der Waals surface area (Å²) in [6, 6.07) is 0. The van der Waals surface area contributed by atoms with E-state index in [0.29, 0.717) is 11.7 Å². The number of nitrogens with one attached hydrogen (secondary N) is 1. The Labute approximate surface area is 128 Å². The maximum atomic E-state index is 11.9. The molecule has 1 unspecified atom stereocenters. The third-order valence-corrected chi connectivity index (χ3v) is 5.34. The van der Waals surface area contributed by atoms with E-state index in [1.54, 1.807) is 20.3 Å². The molecule has 8 heteroatoms. The minimum atomic E-state index is -2.22. The van der Waals surface area contributed by atoms with E-state index in [9.17, 15) is 19.3 Å². The normalized spacial score (nSPS) is 27.0. The van der Waals surface area contributed by atoms with Crippen molar-refractivity contribution in [2.24, 2.45) is 5.92 Å². The van der Waals surface area contributed by atoms with E-state index in [0.717, 1.165) is 0 Å². The summed E-state index contributed by atoms with van der Waals surface area (Å²) >= 11 is 0. The topological polar surface area (TPSA) is 101 Å². The van der Waals surface area contributed by atoms with Gasteiger partial charge < -0.3 is 14.4 Å². The average molecular weight is 330 g/mol. The second-order valence-corrected chi connectivity index (χ2v) is 10.1. The van der Waals surface area contributed by atoms with Crippen LogP contribution in [0.5, 0.6) is 0 Å². The van der Waals surface area contributed by atoms with Crippen LogP contribution in [0.2, 0.25) is 0 Å². The highest BCUT2D eigenvalue weighted by Gasteiger charge is 2.39. The van der Waals surface area contributed by atoms with E-state index in [2.05, 4.69) is 4.98 Å². The summed E-state index contributed by atoms with van der Waals surface area (Å²) in [5, 5.41) is 10.2. The van der Waals surface area contributed by atoms with Gasteiger partial charge in [-0.15, -0.1) is 0 Å². The zero-order valence-electron chi connectivity index (χ0n) is 13.3. The molecule has 2 heterocycles. The molecule has 0 saturated carbocycles. The summed E-state index contributed by atoms with van der Waals surface area (Å²) in [6.07, 6.45) is 0.344. The van der Waals surface area contributed by atoms with Crippen molar-refractivity contribution in [1.82, 2.24) is 9.55 Å². The van der Waals surface area contributed by atoms with Gasteiger partial charge in [-0.1, -0.05) is 6.92 Å². The third kappa shape index (κ3) is 3.77. The monoisotopic (exact) mass is 330 g/mol. The van der Waals surface area contributed by atoms with Crippen LogP contribution in [0.3, 0.4) is 0 Å². The van der Waals surface area contributed by atoms with Crippen molar-refractivity contribution in [2.75, 3.05) is 19.5 Å². The summed E-state index contributed by atoms with van der Waals surface area (Å²) in [5.74, 6) is -0.0830. The highest BCUT2D eigenvalue weighted by Crippen LogP contribution is 2.42. The molecule has 4 atom stereocenters. The Bertz CT molecular complexity index is 704. The predicted octanol–water partition coefficient (Wildman–Crippen LogP) is 0.752. The lowest BCUT2D eigenvalue weighted by atomic mass is 10.0. The van der Waals surface area contributed by atoms with E-state index in [1.807, 2.05) is 6.92 Å². The van der Waals surface area contributed by atoms with Gasteiger partial charge in [0.15, 0.2) is 0 Å². The van der Waals surface area contributed by atoms with Crippen molar-refractivity contribution >= 4 is 7.14 Å². The molecule has 124 valence electrons. The van der Waals surface area contributed by atoms with E-state index in [4.69, 9.17) is 4.74 Å². The lowest BCUT2D eigenvalue weighted by Crippen LogP contribution is -2.34. The Morgan fingerprint density at radius 2 is 2.14 bits per heavy atom. The first-order chi connectivity index (χ1) is 10.1. The van der Waals surface area contributed by atoms with Crippen molar-refractivity contribution in [3.63, 3.8) is 0 Å². The van der Waals surface area contributed by atoms with Crippen LogP contribution in [0.4, 0.5) is 0 Å². The Morgan fingerprint density at radius 1 is 1.50 bits per heavy atom. The number of hydrogen-bond donors (Lipinski definition) is 2. The molecule has 0 radical (unpaired) electrons. The summed E-state index contributed by atoms with van der Waals surface area (Å²) in [6.45, 7) is 6.90. The molecule has 0 bridgehead atoms. The van der Waals surface area contributed by atoms with Crippen LogP contribution in [0, 0.1) is 12.8 Å². The number of hydrogen-bond acceptors (Lipinski definition) is 5. The van der Waals surface area contributed by atoms with Crippen molar-refractivity contribution in [3.05, 3.63) is 32.6 Å². The van der Waals surface area contributed by atoms with E-state index in [-0.39, 0.29) is 12.3 Å². The van der Waals surface area contributed by atoms with Gasteiger partial charge in [0.25, 0.3) is 5.56 Å². The number of aryl methyl sites for hydroxylation is 1. The average Bonchev–Trinajstić information content (AvgIpc) is 2.73. The first-order valence-corrected chi connectivity index (χ1v) is 10.1. The quantitative estimate of drug-likeness (QED) is 0.794.